The van der Waals surface area contributed by atoms with Crippen molar-refractivity contribution in [2.24, 2.45) is 5.73 Å². The van der Waals surface area contributed by atoms with Gasteiger partial charge in [0, 0.05) is 12.3 Å². The van der Waals surface area contributed by atoms with Crippen LogP contribution < -0.4 is 15.8 Å². The molecule has 1 unspecified atom stereocenters. The molecule has 1 amide bonds. The van der Waals surface area contributed by atoms with E-state index >= 15 is 0 Å². The Bertz CT molecular complexity index is 818. The fourth-order valence-electron chi connectivity index (χ4n) is 1.95. The number of nitrogens with zero attached hydrogens (tertiary/aromatic N) is 1. The molecule has 2 aromatic rings. The third-order valence-electron chi connectivity index (χ3n) is 3.38. The van der Waals surface area contributed by atoms with E-state index in [4.69, 9.17) is 10.5 Å². The van der Waals surface area contributed by atoms with E-state index in [-0.39, 0.29) is 12.2 Å². The zero-order chi connectivity index (χ0) is 18.4. The Kier molecular flexibility index (Phi) is 6.11. The van der Waals surface area contributed by atoms with E-state index in [1.807, 2.05) is 31.2 Å². The summed E-state index contributed by atoms with van der Waals surface area (Å²) < 4.78 is 27.8. The molecule has 0 aliphatic rings. The Balaban J connectivity index is 1.91. The molecule has 0 saturated heterocycles. The number of nitrogens with one attached hydrogen (secondary N) is 1. The second kappa shape index (κ2) is 8.09. The van der Waals surface area contributed by atoms with Gasteiger partial charge in [-0.05, 0) is 31.5 Å². The van der Waals surface area contributed by atoms with E-state index in [9.17, 15) is 13.2 Å². The number of aromatic nitrogens is 1. The van der Waals surface area contributed by atoms with E-state index in [1.54, 1.807) is 12.1 Å². The highest BCUT2D eigenvalue weighted by atomic mass is 32.2. The van der Waals surface area contributed by atoms with Gasteiger partial charge in [-0.1, -0.05) is 17.7 Å². The molecule has 0 aliphatic carbocycles. The van der Waals surface area contributed by atoms with Crippen LogP contribution in [-0.4, -0.2) is 37.4 Å². The predicted molar refractivity (Wildman–Crippen MR) is 96.4 cm³/mol. The Morgan fingerprint density at radius 1 is 1.24 bits per heavy atom. The van der Waals surface area contributed by atoms with E-state index in [0.717, 1.165) is 11.8 Å². The van der Waals surface area contributed by atoms with Gasteiger partial charge in [-0.25, -0.2) is 13.4 Å². The summed E-state index contributed by atoms with van der Waals surface area (Å²) in [5, 5.41) is 2.60. The molecule has 0 bridgehead atoms. The number of nitrogens with two attached hydrogens (primary N) is 1. The van der Waals surface area contributed by atoms with Gasteiger partial charge in [0.2, 0.25) is 11.8 Å². The minimum absolute atomic E-state index is 0.0622. The van der Waals surface area contributed by atoms with Crippen LogP contribution in [-0.2, 0) is 14.6 Å². The normalized spacial score (nSPS) is 12.4. The first-order valence-electron chi connectivity index (χ1n) is 7.68. The minimum atomic E-state index is -3.15. The molecule has 1 aromatic carbocycles. The summed E-state index contributed by atoms with van der Waals surface area (Å²) in [4.78, 5) is 16.1. The largest absolute Gasteiger partial charge is 0.439 e. The standard InChI is InChI=1S/C17H21N3O4S/c1-12-3-6-14(7-4-12)24-16-8-5-13(11-19-16)20-17(21)15(18)9-10-25(2,22)23/h3-8,11,15H,9-10,18H2,1-2H3,(H,20,21). The fraction of sp³-hybridized carbons (Fsp3) is 0.294. The summed E-state index contributed by atoms with van der Waals surface area (Å²) in [6.07, 6.45) is 2.62. The van der Waals surface area contributed by atoms with Crippen LogP contribution in [0.2, 0.25) is 0 Å². The van der Waals surface area contributed by atoms with Gasteiger partial charge in [-0.3, -0.25) is 4.79 Å². The highest BCUT2D eigenvalue weighted by Gasteiger charge is 2.16. The molecule has 3 N–H and O–H groups in total. The Labute approximate surface area is 147 Å². The lowest BCUT2D eigenvalue weighted by molar-refractivity contribution is -0.117. The summed E-state index contributed by atoms with van der Waals surface area (Å²) in [6, 6.07) is 9.90. The Morgan fingerprint density at radius 2 is 1.92 bits per heavy atom. The van der Waals surface area contributed by atoms with Crippen LogP contribution >= 0.6 is 0 Å². The Hall–Kier alpha value is -2.45. The molecular formula is C17H21N3O4S. The summed E-state index contributed by atoms with van der Waals surface area (Å²) in [5.41, 5.74) is 7.28. The summed E-state index contributed by atoms with van der Waals surface area (Å²) in [6.45, 7) is 1.99. The van der Waals surface area contributed by atoms with Crippen LogP contribution in [0.5, 0.6) is 11.6 Å². The van der Waals surface area contributed by atoms with Crippen LogP contribution in [0.3, 0.4) is 0 Å². The number of ether oxygens (including phenoxy) is 1. The molecule has 0 radical (unpaired) electrons. The molecule has 0 fully saturated rings. The second-order valence-electron chi connectivity index (χ2n) is 5.81. The van der Waals surface area contributed by atoms with Crippen molar-refractivity contribution >= 4 is 21.4 Å². The summed E-state index contributed by atoms with van der Waals surface area (Å²) in [5.74, 6) is 0.460. The second-order valence-corrected chi connectivity index (χ2v) is 8.07. The van der Waals surface area contributed by atoms with Gasteiger partial charge in [0.15, 0.2) is 0 Å². The highest BCUT2D eigenvalue weighted by molar-refractivity contribution is 7.90. The number of carbonyl (C=O) groups excluding carboxylic acids is 1. The molecule has 1 aromatic heterocycles. The molecule has 134 valence electrons. The van der Waals surface area contributed by atoms with Gasteiger partial charge in [0.25, 0.3) is 0 Å². The first-order chi connectivity index (χ1) is 11.7. The predicted octanol–water partition coefficient (Wildman–Crippen LogP) is 1.88. The number of benzene rings is 1. The number of rotatable bonds is 7. The smallest absolute Gasteiger partial charge is 0.241 e. The molecule has 8 heteroatoms. The van der Waals surface area contributed by atoms with E-state index in [1.165, 1.54) is 6.20 Å². The minimum Gasteiger partial charge on any atom is -0.439 e. The average molecular weight is 363 g/mol. The van der Waals surface area contributed by atoms with Crippen molar-refractivity contribution in [2.75, 3.05) is 17.3 Å². The van der Waals surface area contributed by atoms with Crippen LogP contribution in [0.25, 0.3) is 0 Å². The lowest BCUT2D eigenvalue weighted by Gasteiger charge is -2.12. The maximum absolute atomic E-state index is 11.9. The van der Waals surface area contributed by atoms with Gasteiger partial charge in [0.05, 0.1) is 23.7 Å². The first kappa shape index (κ1) is 18.9. The zero-order valence-corrected chi connectivity index (χ0v) is 14.9. The van der Waals surface area contributed by atoms with Crippen LogP contribution in [0.15, 0.2) is 42.6 Å². The van der Waals surface area contributed by atoms with Crippen molar-refractivity contribution in [3.8, 4) is 11.6 Å². The maximum atomic E-state index is 11.9. The third-order valence-corrected chi connectivity index (χ3v) is 4.36. The number of anilines is 1. The van der Waals surface area contributed by atoms with Crippen molar-refractivity contribution in [3.05, 3.63) is 48.2 Å². The molecule has 0 spiro atoms. The van der Waals surface area contributed by atoms with Gasteiger partial charge in [-0.15, -0.1) is 0 Å². The highest BCUT2D eigenvalue weighted by Crippen LogP contribution is 2.20. The quantitative estimate of drug-likeness (QED) is 0.777. The lowest BCUT2D eigenvalue weighted by atomic mass is 10.2. The number of carbonyl (C=O) groups is 1. The summed E-state index contributed by atoms with van der Waals surface area (Å²) in [7, 11) is -3.15. The van der Waals surface area contributed by atoms with Crippen LogP contribution in [0, 0.1) is 6.92 Å². The SMILES string of the molecule is Cc1ccc(Oc2ccc(NC(=O)C(N)CCS(C)(=O)=O)cn2)cc1. The fourth-order valence-corrected chi connectivity index (χ4v) is 2.63. The average Bonchev–Trinajstić information content (AvgIpc) is 2.56. The van der Waals surface area contributed by atoms with Gasteiger partial charge < -0.3 is 15.8 Å². The van der Waals surface area contributed by atoms with Crippen LogP contribution in [0.4, 0.5) is 5.69 Å². The molecular weight excluding hydrogens is 342 g/mol. The topological polar surface area (TPSA) is 111 Å². The van der Waals surface area contributed by atoms with Gasteiger partial charge >= 0.3 is 0 Å². The monoisotopic (exact) mass is 363 g/mol. The van der Waals surface area contributed by atoms with Crippen molar-refractivity contribution in [1.82, 2.24) is 4.98 Å². The molecule has 1 atom stereocenters. The maximum Gasteiger partial charge on any atom is 0.241 e. The Morgan fingerprint density at radius 3 is 2.48 bits per heavy atom. The number of pyridine rings is 1. The number of hydrogen-bond donors (Lipinski definition) is 2. The van der Waals surface area contributed by atoms with Crippen molar-refractivity contribution in [1.29, 1.82) is 0 Å². The first-order valence-corrected chi connectivity index (χ1v) is 9.74. The van der Waals surface area contributed by atoms with Crippen LogP contribution in [0.1, 0.15) is 12.0 Å². The summed E-state index contributed by atoms with van der Waals surface area (Å²) >= 11 is 0. The number of amides is 1. The number of aryl methyl sites for hydroxylation is 1. The molecule has 7 nitrogen and oxygen atoms in total. The molecule has 2 rings (SSSR count). The number of sulfone groups is 1. The molecule has 0 aliphatic heterocycles. The molecule has 25 heavy (non-hydrogen) atoms. The van der Waals surface area contributed by atoms with Crippen molar-refractivity contribution < 1.29 is 17.9 Å². The lowest BCUT2D eigenvalue weighted by Crippen LogP contribution is -2.37. The van der Waals surface area contributed by atoms with Gasteiger partial charge in [0.1, 0.15) is 15.6 Å². The third kappa shape index (κ3) is 6.52. The van der Waals surface area contributed by atoms with Gasteiger partial charge in [-0.2, -0.15) is 0 Å². The van der Waals surface area contributed by atoms with Crippen molar-refractivity contribution in [3.63, 3.8) is 0 Å². The molecule has 0 saturated carbocycles. The number of hydrogen-bond acceptors (Lipinski definition) is 6. The van der Waals surface area contributed by atoms with E-state index in [0.29, 0.717) is 17.3 Å². The zero-order valence-electron chi connectivity index (χ0n) is 14.1. The van der Waals surface area contributed by atoms with Crippen molar-refractivity contribution in [2.45, 2.75) is 19.4 Å². The molecule has 1 heterocycles. The van der Waals surface area contributed by atoms with E-state index in [2.05, 4.69) is 10.3 Å². The van der Waals surface area contributed by atoms with E-state index < -0.39 is 21.8 Å².